The second-order valence-corrected chi connectivity index (χ2v) is 9.60. The van der Waals surface area contributed by atoms with Crippen LogP contribution in [0.1, 0.15) is 23.3 Å². The number of benzene rings is 2. The molecule has 0 radical (unpaired) electrons. The molecule has 1 amide bonds. The van der Waals surface area contributed by atoms with Crippen LogP contribution >= 0.6 is 11.6 Å². The maximum atomic E-state index is 12.7. The van der Waals surface area contributed by atoms with E-state index < -0.39 is 22.0 Å². The fourth-order valence-corrected chi connectivity index (χ4v) is 4.60. The number of carbonyl (C=O) groups is 2. The Labute approximate surface area is 197 Å². The van der Waals surface area contributed by atoms with Crippen LogP contribution in [0.4, 0.5) is 0 Å². The summed E-state index contributed by atoms with van der Waals surface area (Å²) < 4.78 is 29.3. The molecule has 0 saturated carbocycles. The molecule has 10 heteroatoms. The summed E-state index contributed by atoms with van der Waals surface area (Å²) in [6, 6.07) is 15.3. The zero-order valence-corrected chi connectivity index (χ0v) is 19.4. The molecular weight excluding hydrogens is 466 g/mol. The number of aryl methyl sites for hydroxylation is 1. The van der Waals surface area contributed by atoms with Gasteiger partial charge in [0, 0.05) is 24.8 Å². The Morgan fingerprint density at radius 3 is 2.18 bits per heavy atom. The number of amides is 1. The number of halogens is 1. The van der Waals surface area contributed by atoms with Crippen molar-refractivity contribution in [2.75, 3.05) is 6.54 Å². The Bertz CT molecular complexity index is 1220. The zero-order chi connectivity index (χ0) is 24.0. The lowest BCUT2D eigenvalue weighted by Gasteiger charge is -2.15. The van der Waals surface area contributed by atoms with Gasteiger partial charge in [0.25, 0.3) is 5.91 Å². The minimum Gasteiger partial charge on any atom is -0.480 e. The minimum atomic E-state index is -4.05. The summed E-state index contributed by atoms with van der Waals surface area (Å²) in [5.41, 5.74) is 2.15. The molecule has 0 saturated heterocycles. The van der Waals surface area contributed by atoms with E-state index in [1.807, 2.05) is 12.1 Å². The molecule has 0 aliphatic rings. The third-order valence-electron chi connectivity index (χ3n) is 5.07. The highest BCUT2D eigenvalue weighted by atomic mass is 35.5. The number of hydrogen-bond donors (Lipinski definition) is 3. The van der Waals surface area contributed by atoms with Crippen LogP contribution in [-0.4, -0.2) is 42.6 Å². The lowest BCUT2D eigenvalue weighted by Crippen LogP contribution is -2.41. The van der Waals surface area contributed by atoms with Gasteiger partial charge in [-0.2, -0.15) is 4.72 Å². The second kappa shape index (κ2) is 10.7. The van der Waals surface area contributed by atoms with Gasteiger partial charge < -0.3 is 15.0 Å². The molecule has 0 aliphatic heterocycles. The van der Waals surface area contributed by atoms with Gasteiger partial charge in [-0.25, -0.2) is 8.42 Å². The number of rotatable bonds is 10. The average molecular weight is 490 g/mol. The van der Waals surface area contributed by atoms with E-state index in [0.29, 0.717) is 10.7 Å². The van der Waals surface area contributed by atoms with Gasteiger partial charge in [0.2, 0.25) is 10.0 Å². The second-order valence-electron chi connectivity index (χ2n) is 7.45. The Morgan fingerprint density at radius 2 is 1.64 bits per heavy atom. The predicted molar refractivity (Wildman–Crippen MR) is 126 cm³/mol. The first-order chi connectivity index (χ1) is 15.7. The van der Waals surface area contributed by atoms with Crippen LogP contribution in [0.25, 0.3) is 11.1 Å². The van der Waals surface area contributed by atoms with Crippen molar-refractivity contribution >= 4 is 33.5 Å². The summed E-state index contributed by atoms with van der Waals surface area (Å²) in [6.45, 7) is 0.214. The number of nitrogens with one attached hydrogen (secondary N) is 2. The Hall–Kier alpha value is -3.14. The molecule has 3 rings (SSSR count). The third kappa shape index (κ3) is 6.44. The van der Waals surface area contributed by atoms with Crippen molar-refractivity contribution in [3.05, 3.63) is 77.6 Å². The highest BCUT2D eigenvalue weighted by molar-refractivity contribution is 7.89. The molecule has 2 aromatic carbocycles. The van der Waals surface area contributed by atoms with Gasteiger partial charge in [-0.3, -0.25) is 9.59 Å². The number of carbonyl (C=O) groups excluding carboxylic acids is 1. The summed E-state index contributed by atoms with van der Waals surface area (Å²) >= 11 is 5.89. The fourth-order valence-electron chi connectivity index (χ4n) is 3.25. The third-order valence-corrected chi connectivity index (χ3v) is 6.81. The number of carboxylic acid groups (broad SMARTS) is 1. The van der Waals surface area contributed by atoms with Crippen molar-refractivity contribution in [3.8, 4) is 11.1 Å². The molecule has 1 atom stereocenters. The summed E-state index contributed by atoms with van der Waals surface area (Å²) in [5, 5.41) is 12.8. The fraction of sp³-hybridized carbons (Fsp3) is 0.217. The van der Waals surface area contributed by atoms with E-state index in [0.717, 1.165) is 11.1 Å². The van der Waals surface area contributed by atoms with Crippen molar-refractivity contribution in [2.24, 2.45) is 7.05 Å². The van der Waals surface area contributed by atoms with Crippen LogP contribution in [0.2, 0.25) is 5.02 Å². The molecule has 3 aromatic rings. The molecule has 33 heavy (non-hydrogen) atoms. The topological polar surface area (TPSA) is 118 Å². The van der Waals surface area contributed by atoms with Crippen molar-refractivity contribution in [2.45, 2.75) is 23.8 Å². The Morgan fingerprint density at radius 1 is 1.03 bits per heavy atom. The molecule has 1 unspecified atom stereocenters. The van der Waals surface area contributed by atoms with Crippen LogP contribution < -0.4 is 10.0 Å². The van der Waals surface area contributed by atoms with Gasteiger partial charge in [-0.1, -0.05) is 35.9 Å². The first-order valence-electron chi connectivity index (χ1n) is 10.2. The highest BCUT2D eigenvalue weighted by Crippen LogP contribution is 2.23. The van der Waals surface area contributed by atoms with E-state index in [-0.39, 0.29) is 30.2 Å². The molecule has 0 bridgehead atoms. The largest absolute Gasteiger partial charge is 0.480 e. The predicted octanol–water partition coefficient (Wildman–Crippen LogP) is 3.29. The molecule has 8 nitrogen and oxygen atoms in total. The van der Waals surface area contributed by atoms with Crippen molar-refractivity contribution < 1.29 is 23.1 Å². The van der Waals surface area contributed by atoms with Gasteiger partial charge in [0.15, 0.2) is 0 Å². The standard InChI is InChI=1S/C23H24ClN3O5S/c1-27-15-3-5-21(27)22(28)25-14-2-4-20(23(29)30)26-33(31,32)19-12-8-17(9-13-19)16-6-10-18(24)11-7-16/h3,5-13,15,20,26H,2,4,14H2,1H3,(H,25,28)(H,29,30). The number of sulfonamides is 1. The smallest absolute Gasteiger partial charge is 0.321 e. The van der Waals surface area contributed by atoms with E-state index >= 15 is 0 Å². The lowest BCUT2D eigenvalue weighted by molar-refractivity contribution is -0.139. The lowest BCUT2D eigenvalue weighted by atomic mass is 10.1. The van der Waals surface area contributed by atoms with Gasteiger partial charge in [-0.15, -0.1) is 0 Å². The average Bonchev–Trinajstić information content (AvgIpc) is 3.22. The molecule has 3 N–H and O–H groups in total. The first kappa shape index (κ1) is 24.5. The summed E-state index contributed by atoms with van der Waals surface area (Å²) in [4.78, 5) is 23.7. The van der Waals surface area contributed by atoms with Crippen molar-refractivity contribution in [1.29, 1.82) is 0 Å². The van der Waals surface area contributed by atoms with Crippen LogP contribution in [0, 0.1) is 0 Å². The van der Waals surface area contributed by atoms with Gasteiger partial charge >= 0.3 is 5.97 Å². The first-order valence-corrected chi connectivity index (χ1v) is 12.0. The van der Waals surface area contributed by atoms with E-state index in [4.69, 9.17) is 11.6 Å². The van der Waals surface area contributed by atoms with E-state index in [1.165, 1.54) is 12.1 Å². The Kier molecular flexibility index (Phi) is 7.91. The summed E-state index contributed by atoms with van der Waals surface area (Å²) in [6.07, 6.45) is 2.04. The molecule has 174 valence electrons. The quantitative estimate of drug-likeness (QED) is 0.378. The maximum Gasteiger partial charge on any atom is 0.321 e. The van der Waals surface area contributed by atoms with E-state index in [1.54, 1.807) is 54.2 Å². The molecule has 0 fully saturated rings. The van der Waals surface area contributed by atoms with Crippen LogP contribution in [0.3, 0.4) is 0 Å². The molecule has 1 aromatic heterocycles. The van der Waals surface area contributed by atoms with Crippen molar-refractivity contribution in [3.63, 3.8) is 0 Å². The van der Waals surface area contributed by atoms with Gasteiger partial charge in [-0.05, 0) is 60.4 Å². The number of carboxylic acids is 1. The van der Waals surface area contributed by atoms with Crippen molar-refractivity contribution in [1.82, 2.24) is 14.6 Å². The normalized spacial score (nSPS) is 12.3. The number of aliphatic carboxylic acids is 1. The SMILES string of the molecule is Cn1cccc1C(=O)NCCCC(NS(=O)(=O)c1ccc(-c2ccc(Cl)cc2)cc1)C(=O)O. The van der Waals surface area contributed by atoms with E-state index in [2.05, 4.69) is 10.0 Å². The monoisotopic (exact) mass is 489 g/mol. The number of aromatic nitrogens is 1. The summed E-state index contributed by atoms with van der Waals surface area (Å²) in [5.74, 6) is -1.57. The maximum absolute atomic E-state index is 12.7. The molecule has 0 spiro atoms. The van der Waals surface area contributed by atoms with Gasteiger partial charge in [0.05, 0.1) is 4.90 Å². The molecule has 1 heterocycles. The Balaban J connectivity index is 1.58. The van der Waals surface area contributed by atoms with Crippen LogP contribution in [0.15, 0.2) is 71.8 Å². The van der Waals surface area contributed by atoms with Crippen LogP contribution in [0.5, 0.6) is 0 Å². The molecular formula is C23H24ClN3O5S. The summed E-state index contributed by atoms with van der Waals surface area (Å²) in [7, 11) is -2.31. The minimum absolute atomic E-state index is 0.0187. The highest BCUT2D eigenvalue weighted by Gasteiger charge is 2.25. The zero-order valence-electron chi connectivity index (χ0n) is 17.9. The van der Waals surface area contributed by atoms with E-state index in [9.17, 15) is 23.1 Å². The molecule has 0 aliphatic carbocycles. The van der Waals surface area contributed by atoms with Crippen LogP contribution in [-0.2, 0) is 21.9 Å². The number of hydrogen-bond acceptors (Lipinski definition) is 4. The number of nitrogens with zero attached hydrogens (tertiary/aromatic N) is 1. The van der Waals surface area contributed by atoms with Gasteiger partial charge in [0.1, 0.15) is 11.7 Å².